The third kappa shape index (κ3) is 3.56. The van der Waals surface area contributed by atoms with Gasteiger partial charge in [0.25, 0.3) is 5.91 Å². The molecule has 90 valence electrons. The minimum Gasteiger partial charge on any atom is -0.397 e. The van der Waals surface area contributed by atoms with Gasteiger partial charge < -0.3 is 25.5 Å². The third-order valence-electron chi connectivity index (χ3n) is 2.03. The number of nitrogen functional groups attached to an aromatic ring is 1. The smallest absolute Gasteiger partial charge is 0.268 e. The van der Waals surface area contributed by atoms with Gasteiger partial charge in [0.1, 0.15) is 5.69 Å². The van der Waals surface area contributed by atoms with Crippen molar-refractivity contribution in [3.05, 3.63) is 18.0 Å². The summed E-state index contributed by atoms with van der Waals surface area (Å²) < 4.78 is 6.67. The lowest BCUT2D eigenvalue weighted by Crippen LogP contribution is -2.28. The standard InChI is InChI=1S/C10H17N3O3/c1-13-7-8(11)6-9(13)10(15)12-2-4-16-5-3-14/h6-7,14H,2-5,11H2,1H3,(H,12,15). The Morgan fingerprint density at radius 1 is 1.62 bits per heavy atom. The molecule has 0 saturated heterocycles. The van der Waals surface area contributed by atoms with E-state index in [4.69, 9.17) is 15.6 Å². The summed E-state index contributed by atoms with van der Waals surface area (Å²) in [7, 11) is 1.76. The van der Waals surface area contributed by atoms with E-state index in [0.717, 1.165) is 0 Å². The van der Waals surface area contributed by atoms with E-state index in [1.54, 1.807) is 23.9 Å². The molecule has 0 aromatic carbocycles. The minimum atomic E-state index is -0.188. The number of hydrogen-bond donors (Lipinski definition) is 3. The van der Waals surface area contributed by atoms with Crippen LogP contribution < -0.4 is 11.1 Å². The van der Waals surface area contributed by atoms with Crippen molar-refractivity contribution in [2.75, 3.05) is 32.1 Å². The van der Waals surface area contributed by atoms with Crippen LogP contribution in [0.15, 0.2) is 12.3 Å². The fraction of sp³-hybridized carbons (Fsp3) is 0.500. The van der Waals surface area contributed by atoms with Gasteiger partial charge in [0.2, 0.25) is 0 Å². The zero-order valence-electron chi connectivity index (χ0n) is 9.27. The van der Waals surface area contributed by atoms with Crippen LogP contribution in [0.5, 0.6) is 0 Å². The summed E-state index contributed by atoms with van der Waals surface area (Å²) in [5.41, 5.74) is 6.63. The molecule has 16 heavy (non-hydrogen) atoms. The number of nitrogens with one attached hydrogen (secondary N) is 1. The van der Waals surface area contributed by atoms with Crippen molar-refractivity contribution in [1.82, 2.24) is 9.88 Å². The van der Waals surface area contributed by atoms with Crippen LogP contribution in [0.3, 0.4) is 0 Å². The molecule has 0 aliphatic rings. The Morgan fingerprint density at radius 2 is 2.38 bits per heavy atom. The summed E-state index contributed by atoms with van der Waals surface area (Å²) >= 11 is 0. The highest BCUT2D eigenvalue weighted by molar-refractivity contribution is 5.93. The number of aryl methyl sites for hydroxylation is 1. The van der Waals surface area contributed by atoms with Gasteiger partial charge in [-0.3, -0.25) is 4.79 Å². The molecule has 0 bridgehead atoms. The van der Waals surface area contributed by atoms with Crippen LogP contribution in [-0.2, 0) is 11.8 Å². The van der Waals surface area contributed by atoms with E-state index in [1.807, 2.05) is 0 Å². The normalized spacial score (nSPS) is 10.4. The van der Waals surface area contributed by atoms with Gasteiger partial charge in [-0.25, -0.2) is 0 Å². The Balaban J connectivity index is 2.33. The van der Waals surface area contributed by atoms with Crippen LogP contribution in [0.4, 0.5) is 5.69 Å². The van der Waals surface area contributed by atoms with E-state index >= 15 is 0 Å². The molecule has 0 fully saturated rings. The van der Waals surface area contributed by atoms with Gasteiger partial charge in [0.15, 0.2) is 0 Å². The van der Waals surface area contributed by atoms with Crippen molar-refractivity contribution in [3.63, 3.8) is 0 Å². The van der Waals surface area contributed by atoms with E-state index in [2.05, 4.69) is 5.32 Å². The number of nitrogens with two attached hydrogens (primary N) is 1. The zero-order valence-corrected chi connectivity index (χ0v) is 9.27. The van der Waals surface area contributed by atoms with Crippen LogP contribution in [0.2, 0.25) is 0 Å². The number of carbonyl (C=O) groups is 1. The number of anilines is 1. The number of carbonyl (C=O) groups excluding carboxylic acids is 1. The molecule has 1 aromatic heterocycles. The fourth-order valence-corrected chi connectivity index (χ4v) is 1.31. The summed E-state index contributed by atoms with van der Waals surface area (Å²) in [5, 5.41) is 11.2. The maximum atomic E-state index is 11.6. The summed E-state index contributed by atoms with van der Waals surface area (Å²) in [6.07, 6.45) is 1.68. The van der Waals surface area contributed by atoms with Crippen LogP contribution >= 0.6 is 0 Å². The van der Waals surface area contributed by atoms with E-state index in [-0.39, 0.29) is 19.1 Å². The van der Waals surface area contributed by atoms with Crippen LogP contribution in [0.25, 0.3) is 0 Å². The molecule has 0 aliphatic heterocycles. The first-order chi connectivity index (χ1) is 7.65. The Bertz CT molecular complexity index is 349. The highest BCUT2D eigenvalue weighted by Gasteiger charge is 2.09. The largest absolute Gasteiger partial charge is 0.397 e. The number of aliphatic hydroxyl groups excluding tert-OH is 1. The molecule has 0 unspecified atom stereocenters. The third-order valence-corrected chi connectivity index (χ3v) is 2.03. The fourth-order valence-electron chi connectivity index (χ4n) is 1.31. The van der Waals surface area contributed by atoms with Crippen molar-refractivity contribution in [2.24, 2.45) is 7.05 Å². The van der Waals surface area contributed by atoms with Crippen LogP contribution in [-0.4, -0.2) is 41.9 Å². The predicted octanol–water partition coefficient (Wildman–Crippen LogP) is -0.654. The molecule has 0 spiro atoms. The van der Waals surface area contributed by atoms with Crippen molar-refractivity contribution in [1.29, 1.82) is 0 Å². The van der Waals surface area contributed by atoms with Gasteiger partial charge in [-0.05, 0) is 6.07 Å². The van der Waals surface area contributed by atoms with Gasteiger partial charge in [0, 0.05) is 19.8 Å². The Kier molecular flexibility index (Phi) is 4.81. The number of hydrogen-bond acceptors (Lipinski definition) is 4. The summed E-state index contributed by atoms with van der Waals surface area (Å²) in [5.74, 6) is -0.188. The van der Waals surface area contributed by atoms with E-state index in [9.17, 15) is 4.79 Å². The van der Waals surface area contributed by atoms with Crippen molar-refractivity contribution >= 4 is 11.6 Å². The molecule has 1 amide bonds. The number of rotatable bonds is 6. The van der Waals surface area contributed by atoms with E-state index in [0.29, 0.717) is 24.5 Å². The molecule has 4 N–H and O–H groups in total. The first-order valence-corrected chi connectivity index (χ1v) is 5.03. The second-order valence-corrected chi connectivity index (χ2v) is 3.36. The van der Waals surface area contributed by atoms with E-state index < -0.39 is 0 Å². The molecule has 6 nitrogen and oxygen atoms in total. The molecule has 1 aromatic rings. The average Bonchev–Trinajstić information content (AvgIpc) is 2.57. The first kappa shape index (κ1) is 12.5. The molecule has 0 radical (unpaired) electrons. The highest BCUT2D eigenvalue weighted by atomic mass is 16.5. The van der Waals surface area contributed by atoms with Crippen molar-refractivity contribution in [2.45, 2.75) is 0 Å². The second kappa shape index (κ2) is 6.14. The maximum Gasteiger partial charge on any atom is 0.268 e. The quantitative estimate of drug-likeness (QED) is 0.563. The molecule has 1 rings (SSSR count). The van der Waals surface area contributed by atoms with Crippen LogP contribution in [0, 0.1) is 0 Å². The SMILES string of the molecule is Cn1cc(N)cc1C(=O)NCCOCCO. The van der Waals surface area contributed by atoms with Gasteiger partial charge >= 0.3 is 0 Å². The first-order valence-electron chi connectivity index (χ1n) is 5.03. The monoisotopic (exact) mass is 227 g/mol. The number of nitrogens with zero attached hydrogens (tertiary/aromatic N) is 1. The van der Waals surface area contributed by atoms with Gasteiger partial charge in [-0.2, -0.15) is 0 Å². The second-order valence-electron chi connectivity index (χ2n) is 3.36. The number of aliphatic hydroxyl groups is 1. The number of ether oxygens (including phenoxy) is 1. The Hall–Kier alpha value is -1.53. The molecule has 0 atom stereocenters. The topological polar surface area (TPSA) is 89.5 Å². The Labute approximate surface area is 94.0 Å². The zero-order chi connectivity index (χ0) is 12.0. The highest BCUT2D eigenvalue weighted by Crippen LogP contribution is 2.07. The minimum absolute atomic E-state index is 0.0116. The number of amides is 1. The van der Waals surface area contributed by atoms with Crippen molar-refractivity contribution in [3.8, 4) is 0 Å². The molecule has 0 saturated carbocycles. The van der Waals surface area contributed by atoms with Gasteiger partial charge in [-0.15, -0.1) is 0 Å². The lowest BCUT2D eigenvalue weighted by Gasteiger charge is -2.06. The molecule has 0 aliphatic carbocycles. The van der Waals surface area contributed by atoms with Gasteiger partial charge in [0.05, 0.1) is 25.5 Å². The molecular weight excluding hydrogens is 210 g/mol. The lowest BCUT2D eigenvalue weighted by molar-refractivity contribution is 0.0833. The Morgan fingerprint density at radius 3 is 2.94 bits per heavy atom. The molecule has 1 heterocycles. The summed E-state index contributed by atoms with van der Waals surface area (Å²) in [4.78, 5) is 11.6. The van der Waals surface area contributed by atoms with E-state index in [1.165, 1.54) is 0 Å². The van der Waals surface area contributed by atoms with Gasteiger partial charge in [-0.1, -0.05) is 0 Å². The average molecular weight is 227 g/mol. The lowest BCUT2D eigenvalue weighted by atomic mass is 10.4. The van der Waals surface area contributed by atoms with Crippen molar-refractivity contribution < 1.29 is 14.6 Å². The maximum absolute atomic E-state index is 11.6. The van der Waals surface area contributed by atoms with Crippen LogP contribution in [0.1, 0.15) is 10.5 Å². The number of aromatic nitrogens is 1. The molecule has 6 heteroatoms. The summed E-state index contributed by atoms with van der Waals surface area (Å²) in [6.45, 7) is 1.06. The molecular formula is C10H17N3O3. The predicted molar refractivity (Wildman–Crippen MR) is 60.1 cm³/mol. The summed E-state index contributed by atoms with van der Waals surface area (Å²) in [6, 6.07) is 1.61.